The SMILES string of the molecule is CC1O[C@@H](OC2C(n3cc(-c4ccccc4)nn3)CC(C(=O)NCCOCC3(O)COC(CO)[C@@H](O)C3n3cc(-c4cccc(F)c4)nn3)C[C@H]2O[C@@H]2OC(CO)[C@H](O)C(O[C@@H](CC3CCCCC3)C(=O)N3CCC3)C2OC(=O)c2ccccc2)C(O)C(O)[C@@H]1O. The van der Waals surface area contributed by atoms with Crippen LogP contribution in [0, 0.1) is 17.7 Å². The summed E-state index contributed by atoms with van der Waals surface area (Å²) < 4.78 is 67.9. The molecule has 6 aliphatic rings. The standard InChI is InChI=1S/C63H81FN8O19/c1-35-49(75)52(78)53(79)61(86-35)91-54-44(71-29-42(66-68-71)37-15-7-3-8-16-37)27-40(58(80)65-21-24-84-33-63(83)34-85-47(31-73)51(77)57(63)72-30-43(67-69-72)39-19-11-20-41(64)26-39)28-45(54)88-62-56(90-60(82)38-17-9-4-10-18-38)55(50(76)48(32-74)89-62)87-46(59(81)70-22-12-23-70)25-36-13-5-2-6-14-36/h3-4,7-11,15-20,26,29-30,35-36,40,44-57,61-62,73-79,83H,2,5-6,12-14,21-25,27-28,31-34H2,1H3,(H,65,80)/t35?,40?,44?,45-,46+,47?,48?,49-,50+,51-,52?,53?,54?,55?,56?,57?,61+,62-,63?/m1/s1. The number of nitrogens with one attached hydrogen (secondary N) is 1. The van der Waals surface area contributed by atoms with E-state index < -0.39 is 160 Å². The first-order valence-corrected chi connectivity index (χ1v) is 31.3. The van der Waals surface area contributed by atoms with Crippen LogP contribution in [0.5, 0.6) is 0 Å². The highest BCUT2D eigenvalue weighted by Crippen LogP contribution is 2.43. The molecule has 4 aliphatic heterocycles. The Hall–Kier alpha value is -6.32. The number of hydrogen-bond acceptors (Lipinski definition) is 23. The lowest BCUT2D eigenvalue weighted by atomic mass is 9.80. The average molecular weight is 1270 g/mol. The smallest absolute Gasteiger partial charge is 0.338 e. The van der Waals surface area contributed by atoms with Crippen molar-refractivity contribution >= 4 is 17.8 Å². The predicted octanol–water partition coefficient (Wildman–Crippen LogP) is 1.01. The fourth-order valence-electron chi connectivity index (χ4n) is 13.1. The monoisotopic (exact) mass is 1270 g/mol. The van der Waals surface area contributed by atoms with E-state index in [0.29, 0.717) is 36.3 Å². The Bertz CT molecular complexity index is 3180. The van der Waals surface area contributed by atoms with Crippen LogP contribution in [0.3, 0.4) is 0 Å². The normalized spacial score (nSPS) is 33.4. The molecular formula is C63H81FN8O19. The summed E-state index contributed by atoms with van der Waals surface area (Å²) in [6, 6.07) is 20.4. The van der Waals surface area contributed by atoms with E-state index in [2.05, 4.69) is 25.9 Å². The Morgan fingerprint density at radius 3 is 2.13 bits per heavy atom. The molecule has 0 bridgehead atoms. The van der Waals surface area contributed by atoms with Gasteiger partial charge in [0, 0.05) is 36.7 Å². The number of halogens is 1. The number of amides is 2. The molecule has 2 aliphatic carbocycles. The molecular weight excluding hydrogens is 1190 g/mol. The maximum atomic E-state index is 14.9. The van der Waals surface area contributed by atoms with Crippen LogP contribution < -0.4 is 5.32 Å². The molecule has 4 saturated heterocycles. The number of hydrogen-bond donors (Lipinski definition) is 9. The van der Waals surface area contributed by atoms with Crippen molar-refractivity contribution in [1.82, 2.24) is 40.2 Å². The minimum atomic E-state index is -1.99. The summed E-state index contributed by atoms with van der Waals surface area (Å²) in [5.41, 5.74) is -0.160. The van der Waals surface area contributed by atoms with Crippen molar-refractivity contribution in [3.05, 3.63) is 109 Å². The van der Waals surface area contributed by atoms with Crippen molar-refractivity contribution in [3.8, 4) is 22.5 Å². The van der Waals surface area contributed by atoms with E-state index in [1.54, 1.807) is 35.4 Å². The number of ether oxygens (including phenoxy) is 8. The summed E-state index contributed by atoms with van der Waals surface area (Å²) in [6.07, 6.45) is -14.1. The van der Waals surface area contributed by atoms with Gasteiger partial charge in [0.1, 0.15) is 89.9 Å². The second-order valence-corrected chi connectivity index (χ2v) is 24.6. The van der Waals surface area contributed by atoms with Crippen molar-refractivity contribution < 1.29 is 97.5 Å². The van der Waals surface area contributed by atoms with Crippen molar-refractivity contribution in [3.63, 3.8) is 0 Å². The van der Waals surface area contributed by atoms with Crippen LogP contribution in [-0.4, -0.2) is 244 Å². The molecule has 494 valence electrons. The largest absolute Gasteiger partial charge is 0.450 e. The quantitative estimate of drug-likeness (QED) is 0.0325. The average Bonchev–Trinajstić information content (AvgIpc) is 2.11. The number of aliphatic hydroxyl groups is 8. The lowest BCUT2D eigenvalue weighted by molar-refractivity contribution is -0.348. The van der Waals surface area contributed by atoms with Crippen LogP contribution in [0.15, 0.2) is 97.3 Å². The molecule has 2 amide bonds. The number of nitrogens with zero attached hydrogens (tertiary/aromatic N) is 7. The van der Waals surface area contributed by atoms with Gasteiger partial charge in [-0.2, -0.15) is 0 Å². The van der Waals surface area contributed by atoms with E-state index in [9.17, 15) is 59.6 Å². The maximum Gasteiger partial charge on any atom is 0.338 e. The zero-order valence-corrected chi connectivity index (χ0v) is 50.3. The van der Waals surface area contributed by atoms with Gasteiger partial charge in [-0.3, -0.25) is 9.59 Å². The molecule has 28 heteroatoms. The van der Waals surface area contributed by atoms with Crippen molar-refractivity contribution in [2.75, 3.05) is 52.7 Å². The number of rotatable bonds is 23. The Morgan fingerprint density at radius 2 is 1.43 bits per heavy atom. The highest BCUT2D eigenvalue weighted by atomic mass is 19.1. The fraction of sp³-hybridized carbons (Fsp3) is 0.603. The van der Waals surface area contributed by atoms with Gasteiger partial charge >= 0.3 is 5.97 Å². The summed E-state index contributed by atoms with van der Waals surface area (Å²) in [4.78, 5) is 45.4. The molecule has 2 saturated carbocycles. The minimum absolute atomic E-state index is 0.0698. The van der Waals surface area contributed by atoms with Crippen LogP contribution in [0.1, 0.15) is 87.2 Å². The minimum Gasteiger partial charge on any atom is -0.450 e. The molecule has 0 spiro atoms. The van der Waals surface area contributed by atoms with Crippen molar-refractivity contribution in [1.29, 1.82) is 0 Å². The number of esters is 1. The first-order chi connectivity index (χ1) is 44.0. The van der Waals surface area contributed by atoms with Gasteiger partial charge in [-0.15, -0.1) is 10.2 Å². The highest BCUT2D eigenvalue weighted by Gasteiger charge is 2.56. The third-order valence-corrected chi connectivity index (χ3v) is 18.4. The number of benzene rings is 3. The first-order valence-electron chi connectivity index (χ1n) is 31.3. The number of carbonyl (C=O) groups is 3. The molecule has 5 aromatic rings. The Balaban J connectivity index is 0.900. The van der Waals surface area contributed by atoms with Crippen molar-refractivity contribution in [2.45, 2.75) is 174 Å². The second-order valence-electron chi connectivity index (χ2n) is 24.6. The maximum absolute atomic E-state index is 14.9. The lowest BCUT2D eigenvalue weighted by Gasteiger charge is -2.49. The van der Waals surface area contributed by atoms with Gasteiger partial charge < -0.3 is 89.0 Å². The highest BCUT2D eigenvalue weighted by molar-refractivity contribution is 5.89. The number of likely N-dealkylation sites (tertiary alicyclic amines) is 1. The van der Waals surface area contributed by atoms with Crippen molar-refractivity contribution in [2.24, 2.45) is 11.8 Å². The summed E-state index contributed by atoms with van der Waals surface area (Å²) in [7, 11) is 0. The van der Waals surface area contributed by atoms with Gasteiger partial charge in [0.25, 0.3) is 5.91 Å². The van der Waals surface area contributed by atoms with Gasteiger partial charge in [0.2, 0.25) is 5.91 Å². The van der Waals surface area contributed by atoms with Gasteiger partial charge in [0.05, 0.1) is 69.2 Å². The Kier molecular flexibility index (Phi) is 21.6. The summed E-state index contributed by atoms with van der Waals surface area (Å²) in [5, 5.41) is 111. The molecule has 11 rings (SSSR count). The second kappa shape index (κ2) is 29.7. The van der Waals surface area contributed by atoms with E-state index in [1.807, 2.05) is 30.3 Å². The topological polar surface area (TPSA) is 364 Å². The van der Waals surface area contributed by atoms with Gasteiger partial charge in [-0.05, 0) is 62.8 Å². The number of aromatic nitrogens is 6. The van der Waals surface area contributed by atoms with Crippen LogP contribution in [0.25, 0.3) is 22.5 Å². The van der Waals surface area contributed by atoms with Gasteiger partial charge in [0.15, 0.2) is 18.7 Å². The summed E-state index contributed by atoms with van der Waals surface area (Å²) in [6.45, 7) is -0.189. The summed E-state index contributed by atoms with van der Waals surface area (Å²) >= 11 is 0. The lowest BCUT2D eigenvalue weighted by Crippen LogP contribution is -2.64. The Morgan fingerprint density at radius 1 is 0.736 bits per heavy atom. The molecule has 6 heterocycles. The molecule has 19 atom stereocenters. The van der Waals surface area contributed by atoms with Crippen LogP contribution >= 0.6 is 0 Å². The van der Waals surface area contributed by atoms with E-state index in [0.717, 1.165) is 38.5 Å². The van der Waals surface area contributed by atoms with Crippen LogP contribution in [-0.2, 0) is 47.5 Å². The van der Waals surface area contributed by atoms with Crippen LogP contribution in [0.4, 0.5) is 4.39 Å². The number of carbonyl (C=O) groups excluding carboxylic acids is 3. The predicted molar refractivity (Wildman–Crippen MR) is 314 cm³/mol. The van der Waals surface area contributed by atoms with E-state index in [1.165, 1.54) is 52.8 Å². The van der Waals surface area contributed by atoms with Gasteiger partial charge in [-0.1, -0.05) is 103 Å². The number of aliphatic hydroxyl groups excluding tert-OH is 7. The molecule has 27 nitrogen and oxygen atoms in total. The summed E-state index contributed by atoms with van der Waals surface area (Å²) in [5.74, 6) is -3.17. The zero-order chi connectivity index (χ0) is 63.9. The van der Waals surface area contributed by atoms with Gasteiger partial charge in [-0.25, -0.2) is 18.5 Å². The molecule has 0 radical (unpaired) electrons. The Labute approximate surface area is 523 Å². The molecule has 9 N–H and O–H groups in total. The molecule has 12 unspecified atom stereocenters. The molecule has 91 heavy (non-hydrogen) atoms. The van der Waals surface area contributed by atoms with Crippen LogP contribution in [0.2, 0.25) is 0 Å². The third-order valence-electron chi connectivity index (χ3n) is 18.4. The molecule has 3 aromatic carbocycles. The zero-order valence-electron chi connectivity index (χ0n) is 50.3. The fourth-order valence-corrected chi connectivity index (χ4v) is 13.1. The third kappa shape index (κ3) is 15.0. The van der Waals surface area contributed by atoms with E-state index in [4.69, 9.17) is 37.9 Å². The molecule has 2 aromatic heterocycles. The first kappa shape index (κ1) is 66.1. The van der Waals surface area contributed by atoms with E-state index in [-0.39, 0.29) is 49.1 Å². The van der Waals surface area contributed by atoms with E-state index >= 15 is 0 Å². The molecule has 6 fully saturated rings.